The lowest BCUT2D eigenvalue weighted by atomic mass is 10.1. The molecule has 0 aromatic heterocycles. The van der Waals surface area contributed by atoms with Crippen molar-refractivity contribution in [2.45, 2.75) is 0 Å². The number of hydrogen-bond acceptors (Lipinski definition) is 2. The summed E-state index contributed by atoms with van der Waals surface area (Å²) in [6.07, 6.45) is 1.93. The molecule has 1 aliphatic rings. The first-order valence-electron chi connectivity index (χ1n) is 2.43. The van der Waals surface area contributed by atoms with Crippen molar-refractivity contribution in [1.29, 1.82) is 0 Å². The van der Waals surface area contributed by atoms with Crippen LogP contribution in [0.2, 0.25) is 0 Å². The van der Waals surface area contributed by atoms with Gasteiger partial charge in [-0.3, -0.25) is 0 Å². The number of ether oxygens (including phenoxy) is 1. The predicted molar refractivity (Wildman–Crippen MR) is 28.7 cm³/mol. The molecule has 2 nitrogen and oxygen atoms in total. The van der Waals surface area contributed by atoms with Gasteiger partial charge in [0.25, 0.3) is 0 Å². The van der Waals surface area contributed by atoms with Crippen LogP contribution in [0.5, 0.6) is 0 Å². The zero-order chi connectivity index (χ0) is 5.11. The van der Waals surface area contributed by atoms with Crippen molar-refractivity contribution in [3.8, 4) is 0 Å². The molecule has 0 radical (unpaired) electrons. The smallest absolute Gasteiger partial charge is 0.0566 e. The van der Waals surface area contributed by atoms with Crippen molar-refractivity contribution >= 4 is 6.21 Å². The van der Waals surface area contributed by atoms with Crippen LogP contribution >= 0.6 is 0 Å². The molecule has 0 unspecified atom stereocenters. The summed E-state index contributed by atoms with van der Waals surface area (Å²) in [4.78, 5) is 3.85. The van der Waals surface area contributed by atoms with Gasteiger partial charge in [0.15, 0.2) is 0 Å². The zero-order valence-electron chi connectivity index (χ0n) is 4.42. The van der Waals surface area contributed by atoms with Gasteiger partial charge in [0.05, 0.1) is 13.2 Å². The fourth-order valence-corrected chi connectivity index (χ4v) is 0.551. The van der Waals surface area contributed by atoms with Gasteiger partial charge >= 0.3 is 0 Å². The van der Waals surface area contributed by atoms with Gasteiger partial charge in [-0.05, 0) is 0 Å². The van der Waals surface area contributed by atoms with Crippen LogP contribution in [0.15, 0.2) is 4.99 Å². The summed E-state index contributed by atoms with van der Waals surface area (Å²) in [5.74, 6) is 0.616. The second-order valence-corrected chi connectivity index (χ2v) is 1.70. The first-order valence-corrected chi connectivity index (χ1v) is 2.43. The Hall–Kier alpha value is -0.370. The Kier molecular flexibility index (Phi) is 1.42. The third-order valence-corrected chi connectivity index (χ3v) is 1.02. The largest absolute Gasteiger partial charge is 0.380 e. The van der Waals surface area contributed by atoms with E-state index in [0.717, 1.165) is 13.2 Å². The first kappa shape index (κ1) is 4.78. The van der Waals surface area contributed by atoms with Gasteiger partial charge in [0, 0.05) is 19.2 Å². The van der Waals surface area contributed by atoms with E-state index in [-0.39, 0.29) is 0 Å². The Balaban J connectivity index is 2.14. The Morgan fingerprint density at radius 2 is 2.43 bits per heavy atom. The summed E-state index contributed by atoms with van der Waals surface area (Å²) in [6, 6.07) is 0. The molecule has 0 saturated carbocycles. The summed E-state index contributed by atoms with van der Waals surface area (Å²) in [7, 11) is 1.79. The SMILES string of the molecule is CN=CC1COC1. The monoisotopic (exact) mass is 99.1 g/mol. The van der Waals surface area contributed by atoms with E-state index in [1.54, 1.807) is 7.05 Å². The minimum Gasteiger partial charge on any atom is -0.380 e. The fraction of sp³-hybridized carbons (Fsp3) is 0.800. The number of nitrogens with zero attached hydrogens (tertiary/aromatic N) is 1. The van der Waals surface area contributed by atoms with E-state index >= 15 is 0 Å². The molecule has 1 rings (SSSR count). The van der Waals surface area contributed by atoms with E-state index in [4.69, 9.17) is 4.74 Å². The second-order valence-electron chi connectivity index (χ2n) is 1.70. The van der Waals surface area contributed by atoms with Crippen LogP contribution < -0.4 is 0 Å². The van der Waals surface area contributed by atoms with Crippen molar-refractivity contribution in [2.24, 2.45) is 10.9 Å². The maximum atomic E-state index is 4.90. The van der Waals surface area contributed by atoms with Gasteiger partial charge in [0.1, 0.15) is 0 Å². The van der Waals surface area contributed by atoms with Gasteiger partial charge in [-0.1, -0.05) is 0 Å². The molecule has 0 amide bonds. The van der Waals surface area contributed by atoms with Crippen LogP contribution in [0.1, 0.15) is 0 Å². The molecule has 0 aromatic carbocycles. The normalized spacial score (nSPS) is 23.0. The molecule has 0 spiro atoms. The molecule has 0 aliphatic carbocycles. The highest BCUT2D eigenvalue weighted by Crippen LogP contribution is 2.05. The Morgan fingerprint density at radius 3 is 2.57 bits per heavy atom. The standard InChI is InChI=1S/C5H9NO/c1-6-2-5-3-7-4-5/h2,5H,3-4H2,1H3. The van der Waals surface area contributed by atoms with E-state index in [1.165, 1.54) is 0 Å². The summed E-state index contributed by atoms with van der Waals surface area (Å²) < 4.78 is 4.90. The van der Waals surface area contributed by atoms with Crippen molar-refractivity contribution < 1.29 is 4.74 Å². The molecule has 1 heterocycles. The number of rotatable bonds is 1. The van der Waals surface area contributed by atoms with Gasteiger partial charge in [0.2, 0.25) is 0 Å². The highest BCUT2D eigenvalue weighted by molar-refractivity contribution is 5.61. The molecule has 1 aliphatic heterocycles. The van der Waals surface area contributed by atoms with E-state index < -0.39 is 0 Å². The lowest BCUT2D eigenvalue weighted by Gasteiger charge is -2.21. The van der Waals surface area contributed by atoms with E-state index in [2.05, 4.69) is 4.99 Å². The molecule has 1 saturated heterocycles. The van der Waals surface area contributed by atoms with Crippen molar-refractivity contribution in [3.63, 3.8) is 0 Å². The average molecular weight is 99.1 g/mol. The second kappa shape index (κ2) is 2.07. The van der Waals surface area contributed by atoms with Gasteiger partial charge in [-0.25, -0.2) is 0 Å². The van der Waals surface area contributed by atoms with Gasteiger partial charge in [-0.15, -0.1) is 0 Å². The quantitative estimate of drug-likeness (QED) is 0.434. The summed E-state index contributed by atoms with van der Waals surface area (Å²) in [5, 5.41) is 0. The first-order chi connectivity index (χ1) is 3.43. The third kappa shape index (κ3) is 0.996. The van der Waals surface area contributed by atoms with Crippen LogP contribution in [0.3, 0.4) is 0 Å². The molecule has 0 bridgehead atoms. The van der Waals surface area contributed by atoms with Crippen LogP contribution in [0.4, 0.5) is 0 Å². The van der Waals surface area contributed by atoms with Crippen LogP contribution in [0.25, 0.3) is 0 Å². The molecule has 0 N–H and O–H groups in total. The minimum atomic E-state index is 0.616. The lowest BCUT2D eigenvalue weighted by molar-refractivity contribution is 0.00408. The van der Waals surface area contributed by atoms with Crippen molar-refractivity contribution in [1.82, 2.24) is 0 Å². The molecule has 2 heteroatoms. The molecule has 0 atom stereocenters. The van der Waals surface area contributed by atoms with E-state index in [9.17, 15) is 0 Å². The Labute approximate surface area is 43.2 Å². The maximum absolute atomic E-state index is 4.90. The topological polar surface area (TPSA) is 21.6 Å². The van der Waals surface area contributed by atoms with Crippen LogP contribution in [-0.2, 0) is 4.74 Å². The zero-order valence-corrected chi connectivity index (χ0v) is 4.42. The summed E-state index contributed by atoms with van der Waals surface area (Å²) in [6.45, 7) is 1.74. The molecule has 40 valence electrons. The fourth-order valence-electron chi connectivity index (χ4n) is 0.551. The molecular formula is C5H9NO. The Morgan fingerprint density at radius 1 is 1.71 bits per heavy atom. The highest BCUT2D eigenvalue weighted by Gasteiger charge is 2.14. The van der Waals surface area contributed by atoms with Crippen LogP contribution in [-0.4, -0.2) is 26.5 Å². The summed E-state index contributed by atoms with van der Waals surface area (Å²) >= 11 is 0. The van der Waals surface area contributed by atoms with Gasteiger partial charge < -0.3 is 9.73 Å². The van der Waals surface area contributed by atoms with Gasteiger partial charge in [-0.2, -0.15) is 0 Å². The lowest BCUT2D eigenvalue weighted by Crippen LogP contribution is -2.28. The minimum absolute atomic E-state index is 0.616. The third-order valence-electron chi connectivity index (χ3n) is 1.02. The molecule has 1 fully saturated rings. The molecular weight excluding hydrogens is 90.1 g/mol. The summed E-state index contributed by atoms with van der Waals surface area (Å²) in [5.41, 5.74) is 0. The highest BCUT2D eigenvalue weighted by atomic mass is 16.5. The van der Waals surface area contributed by atoms with Crippen LogP contribution in [0, 0.1) is 5.92 Å². The number of aliphatic imine (C=N–C) groups is 1. The van der Waals surface area contributed by atoms with Crippen molar-refractivity contribution in [3.05, 3.63) is 0 Å². The van der Waals surface area contributed by atoms with E-state index in [0.29, 0.717) is 5.92 Å². The predicted octanol–water partition coefficient (Wildman–Crippen LogP) is 0.333. The molecule has 0 aromatic rings. The Bertz CT molecular complexity index is 76.1. The maximum Gasteiger partial charge on any atom is 0.0566 e. The molecule has 7 heavy (non-hydrogen) atoms. The van der Waals surface area contributed by atoms with Crippen molar-refractivity contribution in [2.75, 3.05) is 20.3 Å². The number of hydrogen-bond donors (Lipinski definition) is 0. The van der Waals surface area contributed by atoms with E-state index in [1.807, 2.05) is 6.21 Å². The average Bonchev–Trinajstić information content (AvgIpc) is 1.55.